The molecule has 1 aromatic heterocycles. The topological polar surface area (TPSA) is 62.8 Å². The van der Waals surface area contributed by atoms with Crippen molar-refractivity contribution in [2.75, 3.05) is 33.3 Å². The number of carbonyl (C=O) groups is 1. The molecule has 6 rings (SSSR count). The third kappa shape index (κ3) is 6.78. The van der Waals surface area contributed by atoms with Crippen LogP contribution in [0.25, 0.3) is 21.2 Å². The van der Waals surface area contributed by atoms with Crippen LogP contribution in [-0.4, -0.2) is 56.2 Å². The van der Waals surface area contributed by atoms with Crippen molar-refractivity contribution in [3.05, 3.63) is 81.6 Å². The molecule has 8 heteroatoms. The summed E-state index contributed by atoms with van der Waals surface area (Å²) in [5, 5.41) is 7.79. The lowest BCUT2D eigenvalue weighted by Crippen LogP contribution is -2.44. The highest BCUT2D eigenvalue weighted by Gasteiger charge is 2.23. The molecule has 3 heterocycles. The van der Waals surface area contributed by atoms with E-state index in [0.717, 1.165) is 100 Å². The highest BCUT2D eigenvalue weighted by atomic mass is 79.9. The normalized spacial score (nSPS) is 17.0. The quantitative estimate of drug-likeness (QED) is 0.222. The van der Waals surface area contributed by atoms with E-state index in [1.807, 2.05) is 18.2 Å². The van der Waals surface area contributed by atoms with Crippen molar-refractivity contribution in [3.8, 4) is 22.6 Å². The van der Waals surface area contributed by atoms with Crippen LogP contribution in [0.4, 0.5) is 0 Å². The molecular formula is C33H36BrN3O3S. The van der Waals surface area contributed by atoms with E-state index < -0.39 is 0 Å². The minimum Gasteiger partial charge on any atom is -0.497 e. The zero-order chi connectivity index (χ0) is 28.2. The monoisotopic (exact) mass is 633 g/mol. The van der Waals surface area contributed by atoms with Gasteiger partial charge in [0, 0.05) is 30.4 Å². The first-order valence-electron chi connectivity index (χ1n) is 14.4. The number of hydrogen-bond donors (Lipinski definition) is 2. The highest BCUT2D eigenvalue weighted by Crippen LogP contribution is 2.36. The van der Waals surface area contributed by atoms with Gasteiger partial charge in [0.1, 0.15) is 17.6 Å². The van der Waals surface area contributed by atoms with Crippen molar-refractivity contribution >= 4 is 43.3 Å². The number of amides is 1. The summed E-state index contributed by atoms with van der Waals surface area (Å²) in [6.07, 6.45) is 4.29. The smallest absolute Gasteiger partial charge is 0.261 e. The molecule has 2 aliphatic rings. The summed E-state index contributed by atoms with van der Waals surface area (Å²) < 4.78 is 13.7. The predicted octanol–water partition coefficient (Wildman–Crippen LogP) is 6.86. The maximum Gasteiger partial charge on any atom is 0.261 e. The Morgan fingerprint density at radius 1 is 1.02 bits per heavy atom. The molecule has 0 saturated carbocycles. The number of rotatable bonds is 8. The van der Waals surface area contributed by atoms with Gasteiger partial charge in [-0.05, 0) is 107 Å². The minimum atomic E-state index is 0.0265. The van der Waals surface area contributed by atoms with Crippen molar-refractivity contribution in [3.63, 3.8) is 0 Å². The van der Waals surface area contributed by atoms with Gasteiger partial charge < -0.3 is 20.1 Å². The molecule has 214 valence electrons. The average Bonchev–Trinajstić information content (AvgIpc) is 3.45. The van der Waals surface area contributed by atoms with E-state index in [-0.39, 0.29) is 18.1 Å². The summed E-state index contributed by atoms with van der Waals surface area (Å²) in [6.45, 7) is 4.87. The molecule has 2 saturated heterocycles. The third-order valence-electron chi connectivity index (χ3n) is 8.07. The van der Waals surface area contributed by atoms with Gasteiger partial charge in [0.05, 0.1) is 16.5 Å². The number of thiophene rings is 1. The van der Waals surface area contributed by atoms with E-state index in [1.54, 1.807) is 18.4 Å². The molecule has 1 amide bonds. The first-order chi connectivity index (χ1) is 20.1. The van der Waals surface area contributed by atoms with Gasteiger partial charge in [0.25, 0.3) is 5.91 Å². The number of methoxy groups -OCH3 is 1. The molecule has 0 radical (unpaired) electrons. The first-order valence-corrected chi connectivity index (χ1v) is 16.0. The Morgan fingerprint density at radius 3 is 2.54 bits per heavy atom. The van der Waals surface area contributed by atoms with Crippen molar-refractivity contribution in [2.45, 2.75) is 44.4 Å². The third-order valence-corrected chi connectivity index (χ3v) is 9.88. The van der Waals surface area contributed by atoms with Gasteiger partial charge in [0.2, 0.25) is 0 Å². The Balaban J connectivity index is 1.03. The molecule has 0 bridgehead atoms. The fourth-order valence-corrected chi connectivity index (χ4v) is 7.37. The highest BCUT2D eigenvalue weighted by molar-refractivity contribution is 9.10. The molecular weight excluding hydrogens is 598 g/mol. The van der Waals surface area contributed by atoms with E-state index >= 15 is 0 Å². The predicted molar refractivity (Wildman–Crippen MR) is 170 cm³/mol. The number of nitrogens with zero attached hydrogens (tertiary/aromatic N) is 1. The Morgan fingerprint density at radius 2 is 1.80 bits per heavy atom. The zero-order valence-electron chi connectivity index (χ0n) is 23.3. The van der Waals surface area contributed by atoms with Crippen LogP contribution in [0.1, 0.15) is 40.9 Å². The van der Waals surface area contributed by atoms with Gasteiger partial charge >= 0.3 is 0 Å². The first kappa shape index (κ1) is 28.2. The van der Waals surface area contributed by atoms with Crippen LogP contribution in [0.2, 0.25) is 0 Å². The summed E-state index contributed by atoms with van der Waals surface area (Å²) in [4.78, 5) is 16.5. The molecule has 0 unspecified atom stereocenters. The maximum absolute atomic E-state index is 13.2. The molecule has 0 atom stereocenters. The summed E-state index contributed by atoms with van der Waals surface area (Å²) in [5.41, 5.74) is 3.53. The standard InChI is InChI=1S/C33H36BrN3O3S/c1-39-26-8-6-23(7-9-26)28-4-2-3-24-20-31(41-32(24)28)33(38)36-25-13-17-37(18-14-25)21-22-5-10-30(29(34)19-22)40-27-11-15-35-16-12-27/h2-10,19-20,25,27,35H,11-18,21H2,1H3,(H,36,38). The van der Waals surface area contributed by atoms with Crippen LogP contribution in [0.15, 0.2) is 71.2 Å². The van der Waals surface area contributed by atoms with Crippen molar-refractivity contribution in [1.29, 1.82) is 0 Å². The van der Waals surface area contributed by atoms with Gasteiger partial charge in [0.15, 0.2) is 0 Å². The zero-order valence-corrected chi connectivity index (χ0v) is 25.7. The fraction of sp³-hybridized carbons (Fsp3) is 0.364. The number of nitrogens with one attached hydrogen (secondary N) is 2. The summed E-state index contributed by atoms with van der Waals surface area (Å²) in [7, 11) is 1.67. The largest absolute Gasteiger partial charge is 0.497 e. The lowest BCUT2D eigenvalue weighted by molar-refractivity contribution is 0.0913. The van der Waals surface area contributed by atoms with Crippen molar-refractivity contribution in [2.24, 2.45) is 0 Å². The molecule has 4 aromatic rings. The van der Waals surface area contributed by atoms with E-state index in [4.69, 9.17) is 9.47 Å². The summed E-state index contributed by atoms with van der Waals surface area (Å²) in [6, 6.07) is 23.0. The minimum absolute atomic E-state index is 0.0265. The summed E-state index contributed by atoms with van der Waals surface area (Å²) in [5.74, 6) is 1.79. The van der Waals surface area contributed by atoms with Gasteiger partial charge in [-0.3, -0.25) is 9.69 Å². The fourth-order valence-electron chi connectivity index (χ4n) is 5.75. The van der Waals surface area contributed by atoms with Crippen molar-refractivity contribution in [1.82, 2.24) is 15.5 Å². The van der Waals surface area contributed by atoms with Crippen LogP contribution < -0.4 is 20.1 Å². The molecule has 6 nitrogen and oxygen atoms in total. The number of likely N-dealkylation sites (tertiary alicyclic amines) is 1. The number of carbonyl (C=O) groups excluding carboxylic acids is 1. The van der Waals surface area contributed by atoms with Crippen molar-refractivity contribution < 1.29 is 14.3 Å². The van der Waals surface area contributed by atoms with E-state index in [9.17, 15) is 4.79 Å². The lowest BCUT2D eigenvalue weighted by atomic mass is 10.0. The molecule has 41 heavy (non-hydrogen) atoms. The summed E-state index contributed by atoms with van der Waals surface area (Å²) >= 11 is 5.29. The van der Waals surface area contributed by atoms with Gasteiger partial charge in [-0.1, -0.05) is 36.4 Å². The van der Waals surface area contributed by atoms with Gasteiger partial charge in [-0.25, -0.2) is 0 Å². The maximum atomic E-state index is 13.2. The molecule has 0 aliphatic carbocycles. The Labute approximate surface area is 254 Å². The number of ether oxygens (including phenoxy) is 2. The molecule has 3 aromatic carbocycles. The Hall–Kier alpha value is -2.91. The number of piperidine rings is 2. The second-order valence-electron chi connectivity index (χ2n) is 10.9. The average molecular weight is 635 g/mol. The van der Waals surface area contributed by atoms with Gasteiger partial charge in [-0.15, -0.1) is 11.3 Å². The Kier molecular flexibility index (Phi) is 8.91. The molecule has 2 N–H and O–H groups in total. The Bertz CT molecular complexity index is 1490. The van der Waals surface area contributed by atoms with Gasteiger partial charge in [-0.2, -0.15) is 0 Å². The number of fused-ring (bicyclic) bond motifs is 1. The van der Waals surface area contributed by atoms with E-state index in [0.29, 0.717) is 0 Å². The molecule has 2 aliphatic heterocycles. The molecule has 2 fully saturated rings. The number of hydrogen-bond acceptors (Lipinski definition) is 6. The SMILES string of the molecule is COc1ccc(-c2cccc3cc(C(=O)NC4CCN(Cc5ccc(OC6CCNCC6)c(Br)c5)CC4)sc23)cc1. The number of halogens is 1. The van der Waals surface area contributed by atoms with E-state index in [2.05, 4.69) is 80.0 Å². The lowest BCUT2D eigenvalue weighted by Gasteiger charge is -2.32. The van der Waals surface area contributed by atoms with Crippen LogP contribution >= 0.6 is 27.3 Å². The second-order valence-corrected chi connectivity index (χ2v) is 12.8. The van der Waals surface area contributed by atoms with E-state index in [1.165, 1.54) is 5.56 Å². The number of benzene rings is 3. The van der Waals surface area contributed by atoms with Crippen LogP contribution in [0, 0.1) is 0 Å². The van der Waals surface area contributed by atoms with Crippen LogP contribution in [0.3, 0.4) is 0 Å². The second kappa shape index (κ2) is 12.9. The van der Waals surface area contributed by atoms with Crippen LogP contribution in [-0.2, 0) is 6.54 Å². The van der Waals surface area contributed by atoms with Crippen LogP contribution in [0.5, 0.6) is 11.5 Å². The molecule has 0 spiro atoms.